The smallest absolute Gasteiger partial charge is 0.237 e. The molecule has 1 aromatic carbocycles. The highest BCUT2D eigenvalue weighted by Crippen LogP contribution is 2.25. The Bertz CT molecular complexity index is 813. The van der Waals surface area contributed by atoms with Gasteiger partial charge in [0.15, 0.2) is 10.9 Å². The number of aromatic nitrogens is 3. The zero-order valence-corrected chi connectivity index (χ0v) is 16.6. The van der Waals surface area contributed by atoms with Crippen molar-refractivity contribution in [3.63, 3.8) is 0 Å². The number of nitrogens with zero attached hydrogens (tertiary/aromatic N) is 3. The van der Waals surface area contributed by atoms with E-state index in [0.717, 1.165) is 30.4 Å². The predicted molar refractivity (Wildman–Crippen MR) is 104 cm³/mol. The van der Waals surface area contributed by atoms with Crippen LogP contribution >= 0.6 is 11.8 Å². The summed E-state index contributed by atoms with van der Waals surface area (Å²) in [6.45, 7) is 6.77. The summed E-state index contributed by atoms with van der Waals surface area (Å²) < 4.78 is 7.73. The lowest BCUT2D eigenvalue weighted by atomic mass is 10.1. The second-order valence-corrected chi connectivity index (χ2v) is 7.97. The summed E-state index contributed by atoms with van der Waals surface area (Å²) in [5.41, 5.74) is 1.28. The number of Topliss-reactive ketones (excluding diaryl/α,β-unsaturated/α-hetero) is 1. The van der Waals surface area contributed by atoms with Gasteiger partial charge in [0, 0.05) is 17.9 Å². The average Bonchev–Trinajstić information content (AvgIpc) is 3.27. The molecule has 2 heterocycles. The fourth-order valence-electron chi connectivity index (χ4n) is 2.89. The van der Waals surface area contributed by atoms with E-state index in [1.54, 1.807) is 24.3 Å². The van der Waals surface area contributed by atoms with Crippen LogP contribution in [-0.2, 0) is 16.1 Å². The van der Waals surface area contributed by atoms with Crippen molar-refractivity contribution in [1.82, 2.24) is 14.8 Å². The van der Waals surface area contributed by atoms with Crippen LogP contribution in [0.15, 0.2) is 29.4 Å². The van der Waals surface area contributed by atoms with Crippen molar-refractivity contribution in [2.45, 2.75) is 56.7 Å². The number of thioether (sulfide) groups is 1. The van der Waals surface area contributed by atoms with Crippen molar-refractivity contribution in [3.05, 3.63) is 35.7 Å². The Morgan fingerprint density at radius 2 is 2.07 bits per heavy atom. The van der Waals surface area contributed by atoms with Crippen molar-refractivity contribution in [2.24, 2.45) is 0 Å². The molecule has 144 valence electrons. The van der Waals surface area contributed by atoms with Crippen LogP contribution in [0.2, 0.25) is 0 Å². The first-order valence-electron chi connectivity index (χ1n) is 9.04. The van der Waals surface area contributed by atoms with Gasteiger partial charge in [0.25, 0.3) is 0 Å². The maximum atomic E-state index is 12.5. The van der Waals surface area contributed by atoms with E-state index in [4.69, 9.17) is 4.74 Å². The first kappa shape index (κ1) is 19.6. The predicted octanol–water partition coefficient (Wildman–Crippen LogP) is 3.09. The molecule has 2 aromatic rings. The molecule has 1 aliphatic heterocycles. The van der Waals surface area contributed by atoms with Crippen LogP contribution in [0.3, 0.4) is 0 Å². The van der Waals surface area contributed by atoms with E-state index in [1.165, 1.54) is 18.7 Å². The Labute approximate surface area is 162 Å². The van der Waals surface area contributed by atoms with Crippen molar-refractivity contribution in [1.29, 1.82) is 0 Å². The lowest BCUT2D eigenvalue weighted by Crippen LogP contribution is -2.23. The zero-order chi connectivity index (χ0) is 19.4. The highest BCUT2D eigenvalue weighted by molar-refractivity contribution is 8.00. The number of rotatable bonds is 7. The lowest BCUT2D eigenvalue weighted by molar-refractivity contribution is -0.115. The summed E-state index contributed by atoms with van der Waals surface area (Å²) in [7, 11) is 0. The number of ether oxygens (including phenoxy) is 1. The zero-order valence-electron chi connectivity index (χ0n) is 15.8. The third-order valence-corrected chi connectivity index (χ3v) is 5.60. The molecular weight excluding hydrogens is 364 g/mol. The molecule has 3 rings (SSSR count). The van der Waals surface area contributed by atoms with Gasteiger partial charge in [0.05, 0.1) is 17.9 Å². The number of hydrogen-bond donors (Lipinski definition) is 1. The monoisotopic (exact) mass is 388 g/mol. The Balaban J connectivity index is 1.61. The summed E-state index contributed by atoms with van der Waals surface area (Å²) in [4.78, 5) is 23.9. The molecule has 8 heteroatoms. The molecule has 1 aromatic heterocycles. The van der Waals surface area contributed by atoms with E-state index < -0.39 is 0 Å². The third kappa shape index (κ3) is 4.95. The molecule has 1 fully saturated rings. The number of hydrogen-bond acceptors (Lipinski definition) is 6. The summed E-state index contributed by atoms with van der Waals surface area (Å²) in [5.74, 6) is 0.693. The average molecular weight is 388 g/mol. The maximum Gasteiger partial charge on any atom is 0.237 e. The number of ketones is 1. The number of anilines is 1. The van der Waals surface area contributed by atoms with Gasteiger partial charge in [-0.2, -0.15) is 0 Å². The molecular formula is C19H24N4O3S. The minimum absolute atomic E-state index is 0.00208. The van der Waals surface area contributed by atoms with Gasteiger partial charge in [-0.1, -0.05) is 11.8 Å². The molecule has 0 saturated carbocycles. The molecule has 2 atom stereocenters. The van der Waals surface area contributed by atoms with Crippen LogP contribution < -0.4 is 5.32 Å². The summed E-state index contributed by atoms with van der Waals surface area (Å²) >= 11 is 1.38. The Morgan fingerprint density at radius 1 is 1.33 bits per heavy atom. The van der Waals surface area contributed by atoms with Crippen molar-refractivity contribution < 1.29 is 14.3 Å². The number of aryl methyl sites for hydroxylation is 1. The van der Waals surface area contributed by atoms with E-state index >= 15 is 0 Å². The minimum Gasteiger partial charge on any atom is -0.376 e. The lowest BCUT2D eigenvalue weighted by Gasteiger charge is -2.15. The molecule has 2 unspecified atom stereocenters. The molecule has 0 radical (unpaired) electrons. The van der Waals surface area contributed by atoms with Crippen LogP contribution in [0.5, 0.6) is 0 Å². The second-order valence-electron chi connectivity index (χ2n) is 6.66. The largest absolute Gasteiger partial charge is 0.376 e. The highest BCUT2D eigenvalue weighted by atomic mass is 32.2. The van der Waals surface area contributed by atoms with Gasteiger partial charge in [-0.25, -0.2) is 0 Å². The standard InChI is InChI=1S/C19H24N4O3S/c1-12(24)15-6-8-16(9-7-15)20-18(25)13(2)27-19-22-21-14(3)23(19)11-17-5-4-10-26-17/h6-9,13,17H,4-5,10-11H2,1-3H3,(H,20,25). The number of carbonyl (C=O) groups excluding carboxylic acids is 2. The SMILES string of the molecule is CC(=O)c1ccc(NC(=O)C(C)Sc2nnc(C)n2CC2CCCO2)cc1. The first-order chi connectivity index (χ1) is 12.9. The second kappa shape index (κ2) is 8.67. The highest BCUT2D eigenvalue weighted by Gasteiger charge is 2.23. The number of nitrogens with one attached hydrogen (secondary N) is 1. The molecule has 7 nitrogen and oxygen atoms in total. The first-order valence-corrected chi connectivity index (χ1v) is 9.92. The van der Waals surface area contributed by atoms with Crippen LogP contribution in [-0.4, -0.2) is 44.4 Å². The molecule has 1 N–H and O–H groups in total. The maximum absolute atomic E-state index is 12.5. The fraction of sp³-hybridized carbons (Fsp3) is 0.474. The van der Waals surface area contributed by atoms with Gasteiger partial charge in [0.1, 0.15) is 5.82 Å². The van der Waals surface area contributed by atoms with E-state index in [2.05, 4.69) is 15.5 Å². The van der Waals surface area contributed by atoms with Crippen LogP contribution in [0.25, 0.3) is 0 Å². The van der Waals surface area contributed by atoms with E-state index in [1.807, 2.05) is 18.4 Å². The Hall–Kier alpha value is -2.19. The van der Waals surface area contributed by atoms with Crippen molar-refractivity contribution in [2.75, 3.05) is 11.9 Å². The van der Waals surface area contributed by atoms with E-state index in [0.29, 0.717) is 17.8 Å². The van der Waals surface area contributed by atoms with Crippen LogP contribution in [0.4, 0.5) is 5.69 Å². The Kier molecular flexibility index (Phi) is 6.28. The van der Waals surface area contributed by atoms with Gasteiger partial charge in [0.2, 0.25) is 5.91 Å². The molecule has 1 amide bonds. The summed E-state index contributed by atoms with van der Waals surface area (Å²) in [6, 6.07) is 6.88. The Morgan fingerprint density at radius 3 is 2.70 bits per heavy atom. The summed E-state index contributed by atoms with van der Waals surface area (Å²) in [6.07, 6.45) is 2.30. The van der Waals surface area contributed by atoms with Gasteiger partial charge in [-0.15, -0.1) is 10.2 Å². The number of amides is 1. The molecule has 27 heavy (non-hydrogen) atoms. The van der Waals surface area contributed by atoms with Crippen LogP contribution in [0.1, 0.15) is 42.9 Å². The number of carbonyl (C=O) groups is 2. The minimum atomic E-state index is -0.343. The molecule has 0 spiro atoms. The van der Waals surface area contributed by atoms with Crippen molar-refractivity contribution >= 4 is 29.1 Å². The van der Waals surface area contributed by atoms with Crippen LogP contribution in [0, 0.1) is 6.92 Å². The summed E-state index contributed by atoms with van der Waals surface area (Å²) in [5, 5.41) is 11.6. The van der Waals surface area contributed by atoms with E-state index in [9.17, 15) is 9.59 Å². The molecule has 0 bridgehead atoms. The van der Waals surface area contributed by atoms with Crippen molar-refractivity contribution in [3.8, 4) is 0 Å². The van der Waals surface area contributed by atoms with Gasteiger partial charge < -0.3 is 14.6 Å². The van der Waals surface area contributed by atoms with E-state index in [-0.39, 0.29) is 23.0 Å². The fourth-order valence-corrected chi connectivity index (χ4v) is 3.80. The normalized spacial score (nSPS) is 17.7. The van der Waals surface area contributed by atoms with Gasteiger partial charge in [-0.3, -0.25) is 9.59 Å². The van der Waals surface area contributed by atoms with Gasteiger partial charge in [-0.05, 0) is 57.9 Å². The number of benzene rings is 1. The molecule has 1 aliphatic rings. The topological polar surface area (TPSA) is 86.1 Å². The quantitative estimate of drug-likeness (QED) is 0.579. The third-order valence-electron chi connectivity index (χ3n) is 4.52. The molecule has 1 saturated heterocycles. The van der Waals surface area contributed by atoms with Gasteiger partial charge >= 0.3 is 0 Å². The molecule has 0 aliphatic carbocycles.